The Labute approximate surface area is 168 Å². The van der Waals surface area contributed by atoms with Crippen LogP contribution in [0.2, 0.25) is 0 Å². The number of carbonyl (C=O) groups excluding carboxylic acids is 2. The minimum Gasteiger partial charge on any atom is -0.490 e. The van der Waals surface area contributed by atoms with Crippen molar-refractivity contribution in [1.29, 1.82) is 0 Å². The predicted octanol–water partition coefficient (Wildman–Crippen LogP) is 3.08. The SMILES string of the molecule is O=C(NCC(=O)N1CCC[C@H]1c1ccc2c(c1)OCCCO2)c1ccc(F)cc1. The molecule has 2 aromatic rings. The van der Waals surface area contributed by atoms with Gasteiger partial charge in [0, 0.05) is 18.5 Å². The van der Waals surface area contributed by atoms with Crippen molar-refractivity contribution in [1.82, 2.24) is 10.2 Å². The molecule has 0 saturated carbocycles. The van der Waals surface area contributed by atoms with Gasteiger partial charge in [0.05, 0.1) is 25.8 Å². The van der Waals surface area contributed by atoms with Gasteiger partial charge in [-0.2, -0.15) is 0 Å². The maximum Gasteiger partial charge on any atom is 0.251 e. The fourth-order valence-corrected chi connectivity index (χ4v) is 3.76. The summed E-state index contributed by atoms with van der Waals surface area (Å²) in [6.45, 7) is 1.79. The summed E-state index contributed by atoms with van der Waals surface area (Å²) >= 11 is 0. The van der Waals surface area contributed by atoms with Gasteiger partial charge < -0.3 is 19.7 Å². The summed E-state index contributed by atoms with van der Waals surface area (Å²) in [4.78, 5) is 26.7. The number of rotatable bonds is 4. The van der Waals surface area contributed by atoms with Crippen LogP contribution >= 0.6 is 0 Å². The number of benzene rings is 2. The van der Waals surface area contributed by atoms with Gasteiger partial charge in [-0.1, -0.05) is 6.07 Å². The fraction of sp³-hybridized carbons (Fsp3) is 0.364. The van der Waals surface area contributed by atoms with Gasteiger partial charge in [-0.25, -0.2) is 4.39 Å². The van der Waals surface area contributed by atoms with Crippen molar-refractivity contribution in [2.24, 2.45) is 0 Å². The third-order valence-corrected chi connectivity index (χ3v) is 5.24. The van der Waals surface area contributed by atoms with Gasteiger partial charge in [-0.05, 0) is 54.8 Å². The van der Waals surface area contributed by atoms with E-state index >= 15 is 0 Å². The molecule has 0 aromatic heterocycles. The van der Waals surface area contributed by atoms with Gasteiger partial charge in [0.15, 0.2) is 11.5 Å². The largest absolute Gasteiger partial charge is 0.490 e. The van der Waals surface area contributed by atoms with E-state index in [0.717, 1.165) is 30.6 Å². The molecule has 2 aliphatic rings. The van der Waals surface area contributed by atoms with E-state index in [1.165, 1.54) is 24.3 Å². The molecule has 1 N–H and O–H groups in total. The molecule has 0 unspecified atom stereocenters. The molecule has 0 radical (unpaired) electrons. The highest BCUT2D eigenvalue weighted by atomic mass is 19.1. The third-order valence-electron chi connectivity index (χ3n) is 5.24. The Morgan fingerprint density at radius 3 is 2.59 bits per heavy atom. The fourth-order valence-electron chi connectivity index (χ4n) is 3.76. The van der Waals surface area contributed by atoms with Crippen molar-refractivity contribution in [3.05, 3.63) is 59.4 Å². The van der Waals surface area contributed by atoms with Crippen LogP contribution < -0.4 is 14.8 Å². The Hall–Kier alpha value is -3.09. The first-order valence-corrected chi connectivity index (χ1v) is 9.84. The number of likely N-dealkylation sites (tertiary alicyclic amines) is 1. The molecule has 2 amide bonds. The number of amides is 2. The molecule has 0 aliphatic carbocycles. The van der Waals surface area contributed by atoms with Crippen LogP contribution in [0.4, 0.5) is 4.39 Å². The molecular formula is C22H23FN2O4. The van der Waals surface area contributed by atoms with Crippen LogP contribution in [0.5, 0.6) is 11.5 Å². The number of nitrogens with zero attached hydrogens (tertiary/aromatic N) is 1. The molecule has 2 aromatic carbocycles. The number of hydrogen-bond donors (Lipinski definition) is 1. The van der Waals surface area contributed by atoms with E-state index in [1.807, 2.05) is 18.2 Å². The predicted molar refractivity (Wildman–Crippen MR) is 104 cm³/mol. The molecule has 2 heterocycles. The van der Waals surface area contributed by atoms with Gasteiger partial charge in [0.2, 0.25) is 5.91 Å². The molecule has 4 rings (SSSR count). The van der Waals surface area contributed by atoms with E-state index in [-0.39, 0.29) is 18.5 Å². The molecule has 1 saturated heterocycles. The van der Waals surface area contributed by atoms with E-state index in [4.69, 9.17) is 9.47 Å². The van der Waals surface area contributed by atoms with Crippen LogP contribution in [0, 0.1) is 5.82 Å². The third kappa shape index (κ3) is 4.34. The zero-order valence-electron chi connectivity index (χ0n) is 16.0. The quantitative estimate of drug-likeness (QED) is 0.860. The van der Waals surface area contributed by atoms with Crippen molar-refractivity contribution < 1.29 is 23.5 Å². The summed E-state index contributed by atoms with van der Waals surface area (Å²) in [5, 5.41) is 2.63. The van der Waals surface area contributed by atoms with E-state index in [1.54, 1.807) is 4.90 Å². The molecule has 152 valence electrons. The highest BCUT2D eigenvalue weighted by molar-refractivity contribution is 5.96. The van der Waals surface area contributed by atoms with Gasteiger partial charge in [0.25, 0.3) is 5.91 Å². The minimum absolute atomic E-state index is 0.0534. The van der Waals surface area contributed by atoms with Crippen LogP contribution in [-0.2, 0) is 4.79 Å². The van der Waals surface area contributed by atoms with Crippen LogP contribution in [0.3, 0.4) is 0 Å². The van der Waals surface area contributed by atoms with Crippen LogP contribution in [0.15, 0.2) is 42.5 Å². The highest BCUT2D eigenvalue weighted by Crippen LogP contribution is 2.37. The van der Waals surface area contributed by atoms with E-state index in [0.29, 0.717) is 31.1 Å². The van der Waals surface area contributed by atoms with Gasteiger partial charge in [-0.15, -0.1) is 0 Å². The lowest BCUT2D eigenvalue weighted by molar-refractivity contribution is -0.131. The first-order valence-electron chi connectivity index (χ1n) is 9.84. The standard InChI is InChI=1S/C22H23FN2O4/c23-17-7-4-15(5-8-17)22(27)24-14-21(26)25-10-1-3-18(25)16-6-9-19-20(13-16)29-12-2-11-28-19/h4-9,13,18H,1-3,10-12,14H2,(H,24,27)/t18-/m0/s1. The average molecular weight is 398 g/mol. The molecule has 1 atom stereocenters. The molecule has 6 nitrogen and oxygen atoms in total. The van der Waals surface area contributed by atoms with E-state index < -0.39 is 11.7 Å². The molecule has 1 fully saturated rings. The van der Waals surface area contributed by atoms with E-state index in [2.05, 4.69) is 5.32 Å². The minimum atomic E-state index is -0.410. The summed E-state index contributed by atoms with van der Waals surface area (Å²) in [6, 6.07) is 11.0. The monoisotopic (exact) mass is 398 g/mol. The van der Waals surface area contributed by atoms with Crippen molar-refractivity contribution >= 4 is 11.8 Å². The molecule has 2 aliphatic heterocycles. The lowest BCUT2D eigenvalue weighted by Gasteiger charge is -2.26. The van der Waals surface area contributed by atoms with Gasteiger partial charge in [-0.3, -0.25) is 9.59 Å². The number of carbonyl (C=O) groups is 2. The smallest absolute Gasteiger partial charge is 0.251 e. The average Bonchev–Trinajstić information content (AvgIpc) is 3.11. The highest BCUT2D eigenvalue weighted by Gasteiger charge is 2.30. The second kappa shape index (κ2) is 8.51. The van der Waals surface area contributed by atoms with Gasteiger partial charge >= 0.3 is 0 Å². The second-order valence-electron chi connectivity index (χ2n) is 7.19. The molecule has 0 spiro atoms. The summed E-state index contributed by atoms with van der Waals surface area (Å²) < 4.78 is 24.4. The topological polar surface area (TPSA) is 67.9 Å². The maximum atomic E-state index is 13.0. The number of ether oxygens (including phenoxy) is 2. The van der Waals surface area contributed by atoms with Crippen molar-refractivity contribution in [3.63, 3.8) is 0 Å². The summed E-state index contributed by atoms with van der Waals surface area (Å²) in [5.41, 5.74) is 1.32. The van der Waals surface area contributed by atoms with Crippen molar-refractivity contribution in [2.75, 3.05) is 26.3 Å². The Bertz CT molecular complexity index is 900. The molecular weight excluding hydrogens is 375 g/mol. The zero-order chi connectivity index (χ0) is 20.2. The van der Waals surface area contributed by atoms with Gasteiger partial charge in [0.1, 0.15) is 5.82 Å². The summed E-state index contributed by atoms with van der Waals surface area (Å²) in [5.74, 6) is 0.491. The molecule has 7 heteroatoms. The Morgan fingerprint density at radius 2 is 1.79 bits per heavy atom. The Morgan fingerprint density at radius 1 is 1.03 bits per heavy atom. The lowest BCUT2D eigenvalue weighted by atomic mass is 10.0. The Kier molecular flexibility index (Phi) is 5.64. The lowest BCUT2D eigenvalue weighted by Crippen LogP contribution is -2.39. The number of fused-ring (bicyclic) bond motifs is 1. The van der Waals surface area contributed by atoms with Crippen LogP contribution in [-0.4, -0.2) is 43.0 Å². The van der Waals surface area contributed by atoms with Crippen molar-refractivity contribution in [3.8, 4) is 11.5 Å². The summed E-state index contributed by atoms with van der Waals surface area (Å²) in [7, 11) is 0. The first-order chi connectivity index (χ1) is 14.1. The number of hydrogen-bond acceptors (Lipinski definition) is 4. The molecule has 29 heavy (non-hydrogen) atoms. The normalized spacial score (nSPS) is 18.2. The Balaban J connectivity index is 1.41. The van der Waals surface area contributed by atoms with E-state index in [9.17, 15) is 14.0 Å². The summed E-state index contributed by atoms with van der Waals surface area (Å²) in [6.07, 6.45) is 2.60. The van der Waals surface area contributed by atoms with Crippen LogP contribution in [0.1, 0.15) is 41.2 Å². The first kappa shape index (κ1) is 19.2. The zero-order valence-corrected chi connectivity index (χ0v) is 16.0. The molecule has 0 bridgehead atoms. The maximum absolute atomic E-state index is 13.0. The van der Waals surface area contributed by atoms with Crippen LogP contribution in [0.25, 0.3) is 0 Å². The van der Waals surface area contributed by atoms with Crippen molar-refractivity contribution in [2.45, 2.75) is 25.3 Å². The number of halogens is 1. The second-order valence-corrected chi connectivity index (χ2v) is 7.19. The number of nitrogens with one attached hydrogen (secondary N) is 1.